The number of hydrogen-bond acceptors (Lipinski definition) is 7. The van der Waals surface area contributed by atoms with Gasteiger partial charge in [0.25, 0.3) is 0 Å². The van der Waals surface area contributed by atoms with Crippen LogP contribution in [-0.2, 0) is 4.74 Å². The number of nitrogens with one attached hydrogen (secondary N) is 1. The van der Waals surface area contributed by atoms with Gasteiger partial charge in [-0.1, -0.05) is 0 Å². The van der Waals surface area contributed by atoms with Crippen LogP contribution in [0.25, 0.3) is 0 Å². The van der Waals surface area contributed by atoms with E-state index in [0.717, 1.165) is 0 Å². The molecule has 1 aromatic rings. The largest absolute Gasteiger partial charge is 0.461 e. The van der Waals surface area contributed by atoms with E-state index in [1.165, 1.54) is 0 Å². The van der Waals surface area contributed by atoms with Crippen molar-refractivity contribution in [2.24, 2.45) is 0 Å². The van der Waals surface area contributed by atoms with E-state index < -0.39 is 0 Å². The highest BCUT2D eigenvalue weighted by Gasteiger charge is 2.17. The third-order valence-electron chi connectivity index (χ3n) is 2.20. The van der Waals surface area contributed by atoms with E-state index in [2.05, 4.69) is 20.3 Å². The molecule has 0 aromatic carbocycles. The number of ether oxygens (including phenoxy) is 2. The summed E-state index contributed by atoms with van der Waals surface area (Å²) >= 11 is 0. The summed E-state index contributed by atoms with van der Waals surface area (Å²) in [6.45, 7) is 8.24. The highest BCUT2D eigenvalue weighted by molar-refractivity contribution is 5.32. The number of anilines is 2. The fraction of sp³-hybridized carbons (Fsp3) is 0.727. The number of hydrogen-bond donors (Lipinski definition) is 2. The lowest BCUT2D eigenvalue weighted by Gasteiger charge is -2.23. The van der Waals surface area contributed by atoms with Crippen LogP contribution in [0.15, 0.2) is 0 Å². The van der Waals surface area contributed by atoms with Crippen molar-refractivity contribution in [2.45, 2.75) is 39.4 Å². The zero-order chi connectivity index (χ0) is 13.8. The number of aromatic nitrogens is 3. The number of nitrogen functional groups attached to an aromatic ring is 1. The highest BCUT2D eigenvalue weighted by atomic mass is 16.5. The molecule has 1 rings (SSSR count). The second kappa shape index (κ2) is 5.81. The predicted octanol–water partition coefficient (Wildman–Crippen LogP) is 1.08. The summed E-state index contributed by atoms with van der Waals surface area (Å²) in [6, 6.07) is 0.218. The Bertz CT molecular complexity index is 395. The average molecular weight is 255 g/mol. The van der Waals surface area contributed by atoms with Gasteiger partial charge in [0.1, 0.15) is 0 Å². The van der Waals surface area contributed by atoms with E-state index >= 15 is 0 Å². The van der Waals surface area contributed by atoms with E-state index in [1.807, 2.05) is 27.7 Å². The molecule has 0 aliphatic carbocycles. The maximum Gasteiger partial charge on any atom is 0.323 e. The Morgan fingerprint density at radius 2 is 1.94 bits per heavy atom. The van der Waals surface area contributed by atoms with Crippen LogP contribution < -0.4 is 15.8 Å². The molecule has 0 amide bonds. The van der Waals surface area contributed by atoms with Gasteiger partial charge in [-0.15, -0.1) is 0 Å². The molecule has 0 radical (unpaired) electrons. The molecular weight excluding hydrogens is 234 g/mol. The summed E-state index contributed by atoms with van der Waals surface area (Å²) in [4.78, 5) is 12.0. The first-order valence-electron chi connectivity index (χ1n) is 5.79. The maximum absolute atomic E-state index is 5.59. The summed E-state index contributed by atoms with van der Waals surface area (Å²) in [7, 11) is 1.65. The molecule has 1 heterocycles. The van der Waals surface area contributed by atoms with E-state index in [0.29, 0.717) is 12.5 Å². The molecule has 0 atom stereocenters. The van der Waals surface area contributed by atoms with Gasteiger partial charge in [0.15, 0.2) is 0 Å². The van der Waals surface area contributed by atoms with Gasteiger partial charge in [0.2, 0.25) is 11.9 Å². The van der Waals surface area contributed by atoms with Crippen LogP contribution in [0.1, 0.15) is 27.7 Å². The summed E-state index contributed by atoms with van der Waals surface area (Å²) < 4.78 is 10.7. The summed E-state index contributed by atoms with van der Waals surface area (Å²) in [5.41, 5.74) is 5.27. The lowest BCUT2D eigenvalue weighted by molar-refractivity contribution is 0.0342. The van der Waals surface area contributed by atoms with Crippen LogP contribution in [0.2, 0.25) is 0 Å². The van der Waals surface area contributed by atoms with Gasteiger partial charge >= 0.3 is 6.01 Å². The fourth-order valence-corrected chi connectivity index (χ4v) is 1.08. The van der Waals surface area contributed by atoms with Crippen LogP contribution in [0.3, 0.4) is 0 Å². The Morgan fingerprint density at radius 1 is 1.28 bits per heavy atom. The van der Waals surface area contributed by atoms with Gasteiger partial charge in [-0.3, -0.25) is 0 Å². The molecule has 0 unspecified atom stereocenters. The lowest BCUT2D eigenvalue weighted by Crippen LogP contribution is -2.32. The van der Waals surface area contributed by atoms with Gasteiger partial charge in [-0.25, -0.2) is 0 Å². The van der Waals surface area contributed by atoms with Crippen molar-refractivity contribution in [2.75, 3.05) is 24.7 Å². The minimum Gasteiger partial charge on any atom is -0.461 e. The minimum absolute atomic E-state index is 0.0185. The van der Waals surface area contributed by atoms with Gasteiger partial charge in [-0.05, 0) is 27.7 Å². The molecule has 0 spiro atoms. The van der Waals surface area contributed by atoms with Gasteiger partial charge in [0, 0.05) is 13.7 Å². The molecule has 0 aliphatic rings. The minimum atomic E-state index is -0.319. The Labute approximate surface area is 107 Å². The summed E-state index contributed by atoms with van der Waals surface area (Å²) in [6.07, 6.45) is -0.0185. The Balaban J connectivity index is 2.74. The monoisotopic (exact) mass is 255 g/mol. The smallest absolute Gasteiger partial charge is 0.323 e. The number of methoxy groups -OCH3 is 1. The van der Waals surface area contributed by atoms with Crippen molar-refractivity contribution in [1.82, 2.24) is 15.0 Å². The third kappa shape index (κ3) is 4.70. The van der Waals surface area contributed by atoms with Crippen LogP contribution in [0, 0.1) is 0 Å². The molecule has 0 bridgehead atoms. The van der Waals surface area contributed by atoms with Crippen molar-refractivity contribution in [3.05, 3.63) is 0 Å². The quantitative estimate of drug-likeness (QED) is 0.785. The molecule has 18 heavy (non-hydrogen) atoms. The first-order valence-corrected chi connectivity index (χ1v) is 5.79. The van der Waals surface area contributed by atoms with Crippen LogP contribution in [-0.4, -0.2) is 40.3 Å². The van der Waals surface area contributed by atoms with E-state index in [9.17, 15) is 0 Å². The second-order valence-corrected chi connectivity index (χ2v) is 4.78. The van der Waals surface area contributed by atoms with Crippen molar-refractivity contribution in [3.8, 4) is 6.01 Å². The third-order valence-corrected chi connectivity index (χ3v) is 2.20. The summed E-state index contributed by atoms with van der Waals surface area (Å²) in [5.74, 6) is 0.502. The van der Waals surface area contributed by atoms with Crippen molar-refractivity contribution >= 4 is 11.9 Å². The first-order chi connectivity index (χ1) is 8.32. The van der Waals surface area contributed by atoms with Crippen molar-refractivity contribution in [3.63, 3.8) is 0 Å². The number of rotatable bonds is 6. The standard InChI is InChI=1S/C11H21N5O2/c1-7(2)18-10-15-8(12)14-9(16-10)13-6-11(3,4)17-5/h7H,6H2,1-5H3,(H3,12,13,14,15,16). The Kier molecular flexibility index (Phi) is 4.66. The molecule has 3 N–H and O–H groups in total. The molecule has 7 heteroatoms. The highest BCUT2D eigenvalue weighted by Crippen LogP contribution is 2.13. The maximum atomic E-state index is 5.59. The lowest BCUT2D eigenvalue weighted by atomic mass is 10.1. The molecular formula is C11H21N5O2. The van der Waals surface area contributed by atoms with Crippen molar-refractivity contribution in [1.29, 1.82) is 0 Å². The molecule has 0 fully saturated rings. The molecule has 0 saturated heterocycles. The Hall–Kier alpha value is -1.63. The van der Waals surface area contributed by atoms with E-state index in [1.54, 1.807) is 7.11 Å². The normalized spacial score (nSPS) is 11.7. The van der Waals surface area contributed by atoms with Crippen LogP contribution >= 0.6 is 0 Å². The molecule has 0 saturated carbocycles. The van der Waals surface area contributed by atoms with Gasteiger partial charge in [-0.2, -0.15) is 15.0 Å². The number of nitrogens with two attached hydrogens (primary N) is 1. The van der Waals surface area contributed by atoms with E-state index in [-0.39, 0.29) is 23.7 Å². The zero-order valence-electron chi connectivity index (χ0n) is 11.5. The SMILES string of the molecule is COC(C)(C)CNc1nc(N)nc(OC(C)C)n1. The van der Waals surface area contributed by atoms with Crippen molar-refractivity contribution < 1.29 is 9.47 Å². The van der Waals surface area contributed by atoms with E-state index in [4.69, 9.17) is 15.2 Å². The fourth-order valence-electron chi connectivity index (χ4n) is 1.08. The molecule has 102 valence electrons. The average Bonchev–Trinajstić information content (AvgIpc) is 2.25. The van der Waals surface area contributed by atoms with Gasteiger partial charge in [0.05, 0.1) is 11.7 Å². The van der Waals surface area contributed by atoms with Crippen LogP contribution in [0.5, 0.6) is 6.01 Å². The molecule has 0 aliphatic heterocycles. The van der Waals surface area contributed by atoms with Gasteiger partial charge < -0.3 is 20.5 Å². The first kappa shape index (κ1) is 14.4. The summed E-state index contributed by atoms with van der Waals surface area (Å²) in [5, 5.41) is 3.04. The Morgan fingerprint density at radius 3 is 2.50 bits per heavy atom. The topological polar surface area (TPSA) is 95.2 Å². The second-order valence-electron chi connectivity index (χ2n) is 4.78. The zero-order valence-corrected chi connectivity index (χ0v) is 11.5. The number of nitrogens with zero attached hydrogens (tertiary/aromatic N) is 3. The molecule has 1 aromatic heterocycles. The predicted molar refractivity (Wildman–Crippen MR) is 69.6 cm³/mol. The van der Waals surface area contributed by atoms with Crippen LogP contribution in [0.4, 0.5) is 11.9 Å². The molecule has 7 nitrogen and oxygen atoms in total.